The molecule has 112 valence electrons. The molecule has 0 aromatic heterocycles. The van der Waals surface area contributed by atoms with Crippen molar-refractivity contribution in [3.8, 4) is 0 Å². The summed E-state index contributed by atoms with van der Waals surface area (Å²) in [6.07, 6.45) is 1.35. The minimum absolute atomic E-state index is 0.0772. The van der Waals surface area contributed by atoms with Crippen molar-refractivity contribution >= 4 is 11.9 Å². The topological polar surface area (TPSA) is 57.6 Å². The molecule has 0 saturated carbocycles. The number of amides is 1. The van der Waals surface area contributed by atoms with E-state index in [4.69, 9.17) is 0 Å². The summed E-state index contributed by atoms with van der Waals surface area (Å²) in [5, 5.41) is 9.22. The summed E-state index contributed by atoms with van der Waals surface area (Å²) in [7, 11) is 0. The van der Waals surface area contributed by atoms with Gasteiger partial charge in [0.2, 0.25) is 5.91 Å². The Morgan fingerprint density at radius 1 is 1.16 bits per heavy atom. The molecular weight excluding hydrogens is 242 g/mol. The number of carbonyl (C=O) groups excluding carboxylic acids is 1. The van der Waals surface area contributed by atoms with E-state index in [9.17, 15) is 14.7 Å². The van der Waals surface area contributed by atoms with Gasteiger partial charge < -0.3 is 10.0 Å². The van der Waals surface area contributed by atoms with Crippen molar-refractivity contribution in [2.45, 2.75) is 66.8 Å². The van der Waals surface area contributed by atoms with Crippen molar-refractivity contribution in [1.29, 1.82) is 0 Å². The van der Waals surface area contributed by atoms with Gasteiger partial charge >= 0.3 is 5.97 Å². The van der Waals surface area contributed by atoms with Crippen LogP contribution in [-0.4, -0.2) is 34.0 Å². The molecule has 4 heteroatoms. The molecule has 1 amide bonds. The summed E-state index contributed by atoms with van der Waals surface area (Å²) >= 11 is 0. The van der Waals surface area contributed by atoms with E-state index in [2.05, 4.69) is 20.8 Å². The van der Waals surface area contributed by atoms with Crippen LogP contribution in [0.2, 0.25) is 0 Å². The van der Waals surface area contributed by atoms with Crippen LogP contribution in [-0.2, 0) is 9.59 Å². The first kappa shape index (κ1) is 17.9. The number of aliphatic carboxylic acids is 1. The lowest BCUT2D eigenvalue weighted by molar-refractivity contribution is -0.157. The second-order valence-corrected chi connectivity index (χ2v) is 7.08. The summed E-state index contributed by atoms with van der Waals surface area (Å²) in [5.41, 5.74) is -0.966. The van der Waals surface area contributed by atoms with E-state index >= 15 is 0 Å². The fraction of sp³-hybridized carbons (Fsp3) is 0.867. The van der Waals surface area contributed by atoms with Gasteiger partial charge in [-0.2, -0.15) is 0 Å². The smallest absolute Gasteiger partial charge is 0.329 e. The fourth-order valence-electron chi connectivity index (χ4n) is 2.52. The van der Waals surface area contributed by atoms with Crippen LogP contribution in [0.3, 0.4) is 0 Å². The third-order valence-corrected chi connectivity index (χ3v) is 3.30. The summed E-state index contributed by atoms with van der Waals surface area (Å²) in [6, 6.07) is 0. The van der Waals surface area contributed by atoms with E-state index in [1.54, 1.807) is 13.8 Å². The van der Waals surface area contributed by atoms with E-state index in [0.717, 1.165) is 6.42 Å². The Morgan fingerprint density at radius 3 is 1.95 bits per heavy atom. The Bertz CT molecular complexity index is 329. The Morgan fingerprint density at radius 2 is 1.63 bits per heavy atom. The van der Waals surface area contributed by atoms with Gasteiger partial charge in [-0.05, 0) is 38.5 Å². The largest absolute Gasteiger partial charge is 0.480 e. The van der Waals surface area contributed by atoms with E-state index in [0.29, 0.717) is 13.0 Å². The lowest BCUT2D eigenvalue weighted by Gasteiger charge is -2.35. The van der Waals surface area contributed by atoms with Crippen LogP contribution in [0.25, 0.3) is 0 Å². The van der Waals surface area contributed by atoms with Gasteiger partial charge in [0.25, 0.3) is 0 Å². The maximum atomic E-state index is 12.3. The highest BCUT2D eigenvalue weighted by atomic mass is 16.4. The molecule has 0 aromatic rings. The van der Waals surface area contributed by atoms with Gasteiger partial charge in [-0.25, -0.2) is 4.79 Å². The minimum atomic E-state index is -1.15. The second-order valence-electron chi connectivity index (χ2n) is 7.08. The van der Waals surface area contributed by atoms with Crippen LogP contribution in [0.5, 0.6) is 0 Å². The van der Waals surface area contributed by atoms with E-state index in [-0.39, 0.29) is 17.2 Å². The van der Waals surface area contributed by atoms with Crippen LogP contribution in [0, 0.1) is 11.3 Å². The normalized spacial score (nSPS) is 14.1. The van der Waals surface area contributed by atoms with Crippen molar-refractivity contribution in [3.05, 3.63) is 0 Å². The van der Waals surface area contributed by atoms with Crippen molar-refractivity contribution < 1.29 is 14.7 Å². The first-order valence-corrected chi connectivity index (χ1v) is 6.95. The Balaban J connectivity index is 4.75. The molecule has 1 unspecified atom stereocenters. The molecule has 0 radical (unpaired) electrons. The SMILES string of the molecule is CCN(C(=O)CC(C)CC(C)(C)C)C(C)(C)C(=O)O. The zero-order chi connectivity index (χ0) is 15.4. The Kier molecular flexibility index (Phi) is 6.04. The van der Waals surface area contributed by atoms with Crippen molar-refractivity contribution in [2.24, 2.45) is 11.3 Å². The predicted molar refractivity (Wildman–Crippen MR) is 77.0 cm³/mol. The molecule has 0 aliphatic rings. The number of hydrogen-bond acceptors (Lipinski definition) is 2. The van der Waals surface area contributed by atoms with Crippen LogP contribution >= 0.6 is 0 Å². The van der Waals surface area contributed by atoms with Gasteiger partial charge in [0.1, 0.15) is 5.54 Å². The summed E-state index contributed by atoms with van der Waals surface area (Å²) in [4.78, 5) is 25.0. The molecule has 0 aliphatic heterocycles. The molecule has 0 rings (SSSR count). The number of nitrogens with zero attached hydrogens (tertiary/aromatic N) is 1. The minimum Gasteiger partial charge on any atom is -0.480 e. The average Bonchev–Trinajstić information content (AvgIpc) is 2.13. The van der Waals surface area contributed by atoms with Gasteiger partial charge in [-0.3, -0.25) is 4.79 Å². The van der Waals surface area contributed by atoms with Crippen molar-refractivity contribution in [2.75, 3.05) is 6.54 Å². The zero-order valence-electron chi connectivity index (χ0n) is 13.4. The Labute approximate surface area is 117 Å². The zero-order valence-corrected chi connectivity index (χ0v) is 13.4. The molecule has 1 N–H and O–H groups in total. The highest BCUT2D eigenvalue weighted by Crippen LogP contribution is 2.27. The number of carboxylic acids is 1. The predicted octanol–water partition coefficient (Wildman–Crippen LogP) is 3.16. The molecule has 0 saturated heterocycles. The lowest BCUT2D eigenvalue weighted by atomic mass is 9.84. The van der Waals surface area contributed by atoms with Crippen molar-refractivity contribution in [3.63, 3.8) is 0 Å². The van der Waals surface area contributed by atoms with Gasteiger partial charge in [0, 0.05) is 13.0 Å². The van der Waals surface area contributed by atoms with Crippen LogP contribution in [0.15, 0.2) is 0 Å². The Hall–Kier alpha value is -1.06. The highest BCUT2D eigenvalue weighted by Gasteiger charge is 2.37. The fourth-order valence-corrected chi connectivity index (χ4v) is 2.52. The van der Waals surface area contributed by atoms with Crippen LogP contribution < -0.4 is 0 Å². The first-order valence-electron chi connectivity index (χ1n) is 6.95. The average molecular weight is 271 g/mol. The standard InChI is InChI=1S/C15H29NO3/c1-8-16(15(6,7)13(18)19)12(17)9-11(2)10-14(3,4)5/h11H,8-10H2,1-7H3,(H,18,19). The molecule has 1 atom stereocenters. The first-order chi connectivity index (χ1) is 8.41. The molecule has 0 fully saturated rings. The third kappa shape index (κ3) is 5.62. The molecule has 19 heavy (non-hydrogen) atoms. The molecule has 0 bridgehead atoms. The molecule has 0 spiro atoms. The maximum absolute atomic E-state index is 12.3. The monoisotopic (exact) mass is 271 g/mol. The number of likely N-dealkylation sites (N-methyl/N-ethyl adjacent to an activating group) is 1. The van der Waals surface area contributed by atoms with Gasteiger partial charge in [-0.1, -0.05) is 27.7 Å². The number of rotatable bonds is 6. The van der Waals surface area contributed by atoms with E-state index < -0.39 is 11.5 Å². The molecular formula is C15H29NO3. The van der Waals surface area contributed by atoms with E-state index in [1.807, 2.05) is 13.8 Å². The van der Waals surface area contributed by atoms with Gasteiger partial charge in [0.15, 0.2) is 0 Å². The van der Waals surface area contributed by atoms with Gasteiger partial charge in [0.05, 0.1) is 0 Å². The molecule has 0 aromatic carbocycles. The number of hydrogen-bond donors (Lipinski definition) is 1. The lowest BCUT2D eigenvalue weighted by Crippen LogP contribution is -2.53. The quantitative estimate of drug-likeness (QED) is 0.807. The van der Waals surface area contributed by atoms with Crippen molar-refractivity contribution in [1.82, 2.24) is 4.90 Å². The summed E-state index contributed by atoms with van der Waals surface area (Å²) in [6.45, 7) is 13.9. The molecule has 0 aliphatic carbocycles. The number of carbonyl (C=O) groups is 2. The van der Waals surface area contributed by atoms with Gasteiger partial charge in [-0.15, -0.1) is 0 Å². The van der Waals surface area contributed by atoms with Crippen LogP contribution in [0.4, 0.5) is 0 Å². The summed E-state index contributed by atoms with van der Waals surface area (Å²) in [5.74, 6) is -0.788. The van der Waals surface area contributed by atoms with E-state index in [1.165, 1.54) is 4.90 Å². The number of carboxylic acid groups (broad SMARTS) is 1. The maximum Gasteiger partial charge on any atom is 0.329 e. The molecule has 0 heterocycles. The summed E-state index contributed by atoms with van der Waals surface area (Å²) < 4.78 is 0. The third-order valence-electron chi connectivity index (χ3n) is 3.30. The highest BCUT2D eigenvalue weighted by molar-refractivity contribution is 5.86. The molecule has 4 nitrogen and oxygen atoms in total. The van der Waals surface area contributed by atoms with Crippen LogP contribution in [0.1, 0.15) is 61.3 Å². The second kappa shape index (κ2) is 6.40.